The smallest absolute Gasteiger partial charge is 0.198 e. The van der Waals surface area contributed by atoms with Crippen LogP contribution in [0.4, 0.5) is 0 Å². The molecule has 0 amide bonds. The van der Waals surface area contributed by atoms with E-state index in [4.69, 9.17) is 0 Å². The van der Waals surface area contributed by atoms with E-state index in [1.54, 1.807) is 0 Å². The first-order valence-electron chi connectivity index (χ1n) is 7.84. The molecule has 0 aromatic carbocycles. The van der Waals surface area contributed by atoms with Crippen LogP contribution < -0.4 is 0 Å². The quantitative estimate of drug-likeness (QED) is 0.802. The van der Waals surface area contributed by atoms with Gasteiger partial charge in [-0.1, -0.05) is 19.8 Å². The molecular formula is C15H19N7. The normalized spacial score (nSPS) is 22.2. The lowest BCUT2D eigenvalue weighted by atomic mass is 9.83. The lowest BCUT2D eigenvalue weighted by Crippen LogP contribution is -2.17. The third-order valence-corrected chi connectivity index (χ3v) is 4.69. The summed E-state index contributed by atoms with van der Waals surface area (Å²) in [5, 5.41) is 13.8. The van der Waals surface area contributed by atoms with Crippen molar-refractivity contribution in [3.05, 3.63) is 18.6 Å². The molecule has 1 fully saturated rings. The Hall–Kier alpha value is -2.31. The molecule has 4 rings (SSSR count). The van der Waals surface area contributed by atoms with Crippen molar-refractivity contribution in [1.82, 2.24) is 35.2 Å². The van der Waals surface area contributed by atoms with Gasteiger partial charge in [-0.05, 0) is 41.2 Å². The first-order valence-corrected chi connectivity index (χ1v) is 7.84. The van der Waals surface area contributed by atoms with Crippen LogP contribution in [0.1, 0.15) is 32.6 Å². The molecule has 1 aliphatic carbocycles. The third-order valence-electron chi connectivity index (χ3n) is 4.69. The maximum absolute atomic E-state index is 4.51. The second-order valence-corrected chi connectivity index (χ2v) is 6.33. The fourth-order valence-electron chi connectivity index (χ4n) is 3.29. The number of rotatable bonds is 3. The Bertz CT molecular complexity index is 753. The number of aromatic nitrogens is 7. The molecular weight excluding hydrogens is 278 g/mol. The van der Waals surface area contributed by atoms with Gasteiger partial charge in [-0.25, -0.2) is 10.1 Å². The highest BCUT2D eigenvalue weighted by atomic mass is 15.5. The number of aromatic amines is 1. The Kier molecular flexibility index (Phi) is 3.32. The van der Waals surface area contributed by atoms with Gasteiger partial charge in [0.2, 0.25) is 0 Å². The van der Waals surface area contributed by atoms with Crippen molar-refractivity contribution in [2.45, 2.75) is 39.2 Å². The van der Waals surface area contributed by atoms with Gasteiger partial charge in [0.25, 0.3) is 0 Å². The molecule has 1 aliphatic rings. The van der Waals surface area contributed by atoms with E-state index in [9.17, 15) is 0 Å². The van der Waals surface area contributed by atoms with E-state index in [2.05, 4.69) is 42.1 Å². The van der Waals surface area contributed by atoms with Gasteiger partial charge in [0, 0.05) is 6.54 Å². The first kappa shape index (κ1) is 13.4. The minimum atomic E-state index is 0.567. The van der Waals surface area contributed by atoms with Crippen LogP contribution in [0, 0.1) is 11.8 Å². The molecule has 7 heteroatoms. The molecule has 0 saturated heterocycles. The molecule has 1 N–H and O–H groups in total. The summed E-state index contributed by atoms with van der Waals surface area (Å²) in [6.45, 7) is 3.39. The van der Waals surface area contributed by atoms with Gasteiger partial charge >= 0.3 is 0 Å². The van der Waals surface area contributed by atoms with Crippen LogP contribution in [0.2, 0.25) is 0 Å². The fraction of sp³-hybridized carbons (Fsp3) is 0.533. The van der Waals surface area contributed by atoms with Crippen LogP contribution in [-0.4, -0.2) is 35.2 Å². The average molecular weight is 297 g/mol. The van der Waals surface area contributed by atoms with Gasteiger partial charge in [0.15, 0.2) is 5.82 Å². The SMILES string of the molecule is C[C@H]1CC[C@H](Cn2cnc3cc(-c4nnn[nH]4)ncc32)CC1. The van der Waals surface area contributed by atoms with Crippen molar-refractivity contribution < 1.29 is 0 Å². The molecule has 22 heavy (non-hydrogen) atoms. The molecule has 3 aromatic rings. The standard InChI is InChI=1S/C15H19N7/c1-10-2-4-11(5-3-10)8-22-9-17-12-6-13(16-7-14(12)22)15-18-20-21-19-15/h6-7,9-11H,2-5,8H2,1H3,(H,18,19,20,21)/t10-,11-. The van der Waals surface area contributed by atoms with Crippen molar-refractivity contribution in [3.8, 4) is 11.5 Å². The molecule has 7 nitrogen and oxygen atoms in total. The Morgan fingerprint density at radius 1 is 1.23 bits per heavy atom. The Morgan fingerprint density at radius 2 is 2.09 bits per heavy atom. The Balaban J connectivity index is 1.58. The van der Waals surface area contributed by atoms with Gasteiger partial charge in [0.05, 0.1) is 23.6 Å². The zero-order valence-corrected chi connectivity index (χ0v) is 12.6. The Morgan fingerprint density at radius 3 is 2.86 bits per heavy atom. The molecule has 3 heterocycles. The van der Waals surface area contributed by atoms with Gasteiger partial charge in [-0.2, -0.15) is 0 Å². The molecule has 0 bridgehead atoms. The molecule has 0 unspecified atom stereocenters. The molecule has 0 spiro atoms. The second-order valence-electron chi connectivity index (χ2n) is 6.33. The van der Waals surface area contributed by atoms with E-state index in [0.29, 0.717) is 11.5 Å². The largest absolute Gasteiger partial charge is 0.329 e. The molecule has 3 aromatic heterocycles. The number of pyridine rings is 1. The molecule has 1 saturated carbocycles. The van der Waals surface area contributed by atoms with Crippen molar-refractivity contribution in [3.63, 3.8) is 0 Å². The maximum Gasteiger partial charge on any atom is 0.198 e. The second kappa shape index (κ2) is 5.47. The number of tetrazole rings is 1. The number of fused-ring (bicyclic) bond motifs is 1. The van der Waals surface area contributed by atoms with Crippen LogP contribution in [0.25, 0.3) is 22.6 Å². The third kappa shape index (κ3) is 2.47. The van der Waals surface area contributed by atoms with Crippen LogP contribution in [0.5, 0.6) is 0 Å². The zero-order chi connectivity index (χ0) is 14.9. The predicted octanol–water partition coefficient (Wildman–Crippen LogP) is 2.44. The van der Waals surface area contributed by atoms with E-state index in [0.717, 1.165) is 29.4 Å². The van der Waals surface area contributed by atoms with E-state index in [1.165, 1.54) is 25.7 Å². The molecule has 0 radical (unpaired) electrons. The van der Waals surface area contributed by atoms with Crippen LogP contribution in [0.3, 0.4) is 0 Å². The Labute approximate surface area is 128 Å². The fourth-order valence-corrected chi connectivity index (χ4v) is 3.29. The summed E-state index contributed by atoms with van der Waals surface area (Å²) in [7, 11) is 0. The van der Waals surface area contributed by atoms with Crippen molar-refractivity contribution in [1.29, 1.82) is 0 Å². The number of hydrogen-bond acceptors (Lipinski definition) is 5. The summed E-state index contributed by atoms with van der Waals surface area (Å²) in [5.74, 6) is 2.21. The molecule has 114 valence electrons. The lowest BCUT2D eigenvalue weighted by molar-refractivity contribution is 0.266. The highest BCUT2D eigenvalue weighted by Gasteiger charge is 2.19. The summed E-state index contributed by atoms with van der Waals surface area (Å²) < 4.78 is 2.23. The van der Waals surface area contributed by atoms with E-state index in [-0.39, 0.29) is 0 Å². The predicted molar refractivity (Wildman–Crippen MR) is 81.8 cm³/mol. The highest BCUT2D eigenvalue weighted by molar-refractivity contribution is 5.77. The minimum absolute atomic E-state index is 0.567. The zero-order valence-electron chi connectivity index (χ0n) is 12.6. The average Bonchev–Trinajstić information content (AvgIpc) is 3.19. The maximum atomic E-state index is 4.51. The summed E-state index contributed by atoms with van der Waals surface area (Å²) in [5.41, 5.74) is 2.73. The van der Waals surface area contributed by atoms with Gasteiger partial charge in [-0.3, -0.25) is 4.98 Å². The topological polar surface area (TPSA) is 85.2 Å². The van der Waals surface area contributed by atoms with Gasteiger partial charge in [-0.15, -0.1) is 5.10 Å². The molecule has 0 atom stereocenters. The number of hydrogen-bond donors (Lipinski definition) is 1. The van der Waals surface area contributed by atoms with E-state index >= 15 is 0 Å². The summed E-state index contributed by atoms with van der Waals surface area (Å²) in [6.07, 6.45) is 9.11. The number of nitrogens with one attached hydrogen (secondary N) is 1. The van der Waals surface area contributed by atoms with Crippen LogP contribution in [-0.2, 0) is 6.54 Å². The molecule has 0 aliphatic heterocycles. The van der Waals surface area contributed by atoms with Gasteiger partial charge in [0.1, 0.15) is 5.69 Å². The number of imidazole rings is 1. The van der Waals surface area contributed by atoms with E-state index < -0.39 is 0 Å². The number of H-pyrrole nitrogens is 1. The van der Waals surface area contributed by atoms with Crippen LogP contribution >= 0.6 is 0 Å². The van der Waals surface area contributed by atoms with Gasteiger partial charge < -0.3 is 4.57 Å². The highest BCUT2D eigenvalue weighted by Crippen LogP contribution is 2.30. The van der Waals surface area contributed by atoms with Crippen molar-refractivity contribution in [2.75, 3.05) is 0 Å². The van der Waals surface area contributed by atoms with Crippen molar-refractivity contribution in [2.24, 2.45) is 11.8 Å². The first-order chi connectivity index (χ1) is 10.8. The summed E-state index contributed by atoms with van der Waals surface area (Å²) in [4.78, 5) is 8.96. The monoisotopic (exact) mass is 297 g/mol. The lowest BCUT2D eigenvalue weighted by Gasteiger charge is -2.26. The van der Waals surface area contributed by atoms with Crippen molar-refractivity contribution >= 4 is 11.0 Å². The van der Waals surface area contributed by atoms with E-state index in [1.807, 2.05) is 18.6 Å². The van der Waals surface area contributed by atoms with Crippen LogP contribution in [0.15, 0.2) is 18.6 Å². The summed E-state index contributed by atoms with van der Waals surface area (Å²) >= 11 is 0. The number of nitrogens with zero attached hydrogens (tertiary/aromatic N) is 6. The minimum Gasteiger partial charge on any atom is -0.329 e. The summed E-state index contributed by atoms with van der Waals surface area (Å²) in [6, 6.07) is 1.93.